The maximum absolute atomic E-state index is 12.1. The molecule has 2 aliphatic rings. The minimum absolute atomic E-state index is 0.0718. The molecule has 2 N–H and O–H groups in total. The predicted octanol–water partition coefficient (Wildman–Crippen LogP) is 1.15. The van der Waals surface area contributed by atoms with Crippen LogP contribution in [0.15, 0.2) is 24.3 Å². The first-order valence-electron chi connectivity index (χ1n) is 6.70. The molecule has 2 heterocycles. The van der Waals surface area contributed by atoms with E-state index in [1.165, 1.54) is 0 Å². The number of carbonyl (C=O) groups is 1. The van der Waals surface area contributed by atoms with Gasteiger partial charge in [0.1, 0.15) is 5.75 Å². The minimum Gasteiger partial charge on any atom is -0.477 e. The molecule has 5 nitrogen and oxygen atoms in total. The van der Waals surface area contributed by atoms with Gasteiger partial charge < -0.3 is 20.1 Å². The Morgan fingerprint density at radius 2 is 2.26 bits per heavy atom. The standard InChI is InChI=1S/C14H18N2O3/c17-14(16-10-4-3-7-18-9-10)13-8-15-11-5-1-2-6-12(11)19-13/h1-2,5-6,10,13,15H,3-4,7-9H2,(H,16,17). The van der Waals surface area contributed by atoms with E-state index in [0.717, 1.165) is 30.9 Å². The van der Waals surface area contributed by atoms with Crippen molar-refractivity contribution in [3.8, 4) is 5.75 Å². The molecule has 19 heavy (non-hydrogen) atoms. The van der Waals surface area contributed by atoms with E-state index >= 15 is 0 Å². The van der Waals surface area contributed by atoms with Gasteiger partial charge in [0.25, 0.3) is 5.91 Å². The van der Waals surface area contributed by atoms with Crippen molar-refractivity contribution in [3.63, 3.8) is 0 Å². The number of amides is 1. The number of fused-ring (bicyclic) bond motifs is 1. The summed E-state index contributed by atoms with van der Waals surface area (Å²) in [5.74, 6) is 0.659. The molecule has 102 valence electrons. The van der Waals surface area contributed by atoms with Gasteiger partial charge in [-0.3, -0.25) is 4.79 Å². The summed E-state index contributed by atoms with van der Waals surface area (Å²) < 4.78 is 11.1. The van der Waals surface area contributed by atoms with Crippen molar-refractivity contribution in [1.29, 1.82) is 0 Å². The summed E-state index contributed by atoms with van der Waals surface area (Å²) in [6.07, 6.45) is 1.50. The lowest BCUT2D eigenvalue weighted by Gasteiger charge is -2.29. The number of ether oxygens (including phenoxy) is 2. The highest BCUT2D eigenvalue weighted by Gasteiger charge is 2.27. The van der Waals surface area contributed by atoms with Gasteiger partial charge in [-0.25, -0.2) is 0 Å². The average molecular weight is 262 g/mol. The number of para-hydroxylation sites is 2. The Morgan fingerprint density at radius 1 is 1.37 bits per heavy atom. The van der Waals surface area contributed by atoms with Crippen molar-refractivity contribution in [2.45, 2.75) is 25.0 Å². The van der Waals surface area contributed by atoms with Crippen molar-refractivity contribution >= 4 is 11.6 Å². The number of nitrogens with one attached hydrogen (secondary N) is 2. The molecule has 0 aliphatic carbocycles. The van der Waals surface area contributed by atoms with Crippen LogP contribution in [0.4, 0.5) is 5.69 Å². The van der Waals surface area contributed by atoms with Crippen LogP contribution in [0, 0.1) is 0 Å². The van der Waals surface area contributed by atoms with Gasteiger partial charge in [0, 0.05) is 6.61 Å². The Balaban J connectivity index is 1.59. The van der Waals surface area contributed by atoms with Crippen LogP contribution in [0.2, 0.25) is 0 Å². The van der Waals surface area contributed by atoms with E-state index in [2.05, 4.69) is 10.6 Å². The molecule has 1 aromatic rings. The molecule has 2 atom stereocenters. The molecule has 5 heteroatoms. The van der Waals surface area contributed by atoms with E-state index in [-0.39, 0.29) is 11.9 Å². The third-order valence-electron chi connectivity index (χ3n) is 3.43. The van der Waals surface area contributed by atoms with E-state index in [4.69, 9.17) is 9.47 Å². The highest BCUT2D eigenvalue weighted by Crippen LogP contribution is 2.28. The summed E-state index contributed by atoms with van der Waals surface area (Å²) in [6, 6.07) is 7.76. The van der Waals surface area contributed by atoms with Crippen molar-refractivity contribution < 1.29 is 14.3 Å². The maximum Gasteiger partial charge on any atom is 0.263 e. The highest BCUT2D eigenvalue weighted by molar-refractivity contribution is 5.83. The smallest absolute Gasteiger partial charge is 0.263 e. The van der Waals surface area contributed by atoms with E-state index in [9.17, 15) is 4.79 Å². The largest absolute Gasteiger partial charge is 0.477 e. The van der Waals surface area contributed by atoms with Gasteiger partial charge in [0.15, 0.2) is 6.10 Å². The second-order valence-corrected chi connectivity index (χ2v) is 4.91. The summed E-state index contributed by atoms with van der Waals surface area (Å²) >= 11 is 0. The fourth-order valence-electron chi connectivity index (χ4n) is 2.41. The van der Waals surface area contributed by atoms with Gasteiger partial charge in [-0.2, -0.15) is 0 Å². The van der Waals surface area contributed by atoms with Gasteiger partial charge in [-0.05, 0) is 25.0 Å². The molecule has 1 aromatic carbocycles. The van der Waals surface area contributed by atoms with Crippen LogP contribution in [0.5, 0.6) is 5.75 Å². The molecule has 1 fully saturated rings. The van der Waals surface area contributed by atoms with Crippen LogP contribution >= 0.6 is 0 Å². The maximum atomic E-state index is 12.1. The zero-order valence-corrected chi connectivity index (χ0v) is 10.7. The number of hydrogen-bond donors (Lipinski definition) is 2. The minimum atomic E-state index is -0.475. The zero-order valence-electron chi connectivity index (χ0n) is 10.7. The summed E-state index contributed by atoms with van der Waals surface area (Å²) in [4.78, 5) is 12.1. The fraction of sp³-hybridized carbons (Fsp3) is 0.500. The van der Waals surface area contributed by atoms with E-state index < -0.39 is 6.10 Å². The Morgan fingerprint density at radius 3 is 3.11 bits per heavy atom. The number of anilines is 1. The van der Waals surface area contributed by atoms with E-state index in [1.54, 1.807) is 0 Å². The first-order valence-corrected chi connectivity index (χ1v) is 6.70. The topological polar surface area (TPSA) is 59.6 Å². The first-order chi connectivity index (χ1) is 9.33. The SMILES string of the molecule is O=C(NC1CCCOC1)C1CNc2ccccc2O1. The molecule has 0 saturated carbocycles. The Hall–Kier alpha value is -1.75. The monoisotopic (exact) mass is 262 g/mol. The molecule has 2 unspecified atom stereocenters. The van der Waals surface area contributed by atoms with Gasteiger partial charge in [0.2, 0.25) is 0 Å². The van der Waals surface area contributed by atoms with Crippen LogP contribution in [-0.2, 0) is 9.53 Å². The molecule has 0 aromatic heterocycles. The summed E-state index contributed by atoms with van der Waals surface area (Å²) in [6.45, 7) is 1.89. The average Bonchev–Trinajstić information content (AvgIpc) is 2.48. The van der Waals surface area contributed by atoms with Crippen molar-refractivity contribution in [2.24, 2.45) is 0 Å². The van der Waals surface area contributed by atoms with E-state index in [0.29, 0.717) is 13.2 Å². The third kappa shape index (κ3) is 2.81. The van der Waals surface area contributed by atoms with Crippen LogP contribution in [0.25, 0.3) is 0 Å². The van der Waals surface area contributed by atoms with Crippen molar-refractivity contribution in [3.05, 3.63) is 24.3 Å². The second-order valence-electron chi connectivity index (χ2n) is 4.91. The van der Waals surface area contributed by atoms with Crippen molar-refractivity contribution in [2.75, 3.05) is 25.1 Å². The quantitative estimate of drug-likeness (QED) is 0.839. The normalized spacial score (nSPS) is 25.7. The molecule has 3 rings (SSSR count). The molecule has 2 aliphatic heterocycles. The number of carbonyl (C=O) groups excluding carboxylic acids is 1. The lowest BCUT2D eigenvalue weighted by atomic mass is 10.1. The number of benzene rings is 1. The molecule has 0 radical (unpaired) electrons. The fourth-order valence-corrected chi connectivity index (χ4v) is 2.41. The lowest BCUT2D eigenvalue weighted by Crippen LogP contribution is -2.50. The molecule has 0 spiro atoms. The van der Waals surface area contributed by atoms with Crippen LogP contribution < -0.4 is 15.4 Å². The van der Waals surface area contributed by atoms with Crippen molar-refractivity contribution in [1.82, 2.24) is 5.32 Å². The van der Waals surface area contributed by atoms with Crippen LogP contribution in [-0.4, -0.2) is 37.8 Å². The number of rotatable bonds is 2. The molecule has 0 bridgehead atoms. The van der Waals surface area contributed by atoms with E-state index in [1.807, 2.05) is 24.3 Å². The number of hydrogen-bond acceptors (Lipinski definition) is 4. The van der Waals surface area contributed by atoms with Crippen LogP contribution in [0.3, 0.4) is 0 Å². The van der Waals surface area contributed by atoms with Gasteiger partial charge >= 0.3 is 0 Å². The van der Waals surface area contributed by atoms with Crippen LogP contribution in [0.1, 0.15) is 12.8 Å². The molecular formula is C14H18N2O3. The zero-order chi connectivity index (χ0) is 13.1. The second kappa shape index (κ2) is 5.48. The Bertz CT molecular complexity index is 458. The Labute approximate surface area is 112 Å². The first kappa shape index (κ1) is 12.3. The molecular weight excluding hydrogens is 244 g/mol. The van der Waals surface area contributed by atoms with Gasteiger partial charge in [-0.15, -0.1) is 0 Å². The van der Waals surface area contributed by atoms with Gasteiger partial charge in [0.05, 0.1) is 24.9 Å². The van der Waals surface area contributed by atoms with Gasteiger partial charge in [-0.1, -0.05) is 12.1 Å². The Kier molecular flexibility index (Phi) is 3.55. The molecule has 1 amide bonds. The summed E-state index contributed by atoms with van der Waals surface area (Å²) in [5, 5.41) is 6.20. The lowest BCUT2D eigenvalue weighted by molar-refractivity contribution is -0.129. The summed E-state index contributed by atoms with van der Waals surface area (Å²) in [7, 11) is 0. The third-order valence-corrected chi connectivity index (χ3v) is 3.43. The highest BCUT2D eigenvalue weighted by atomic mass is 16.5. The predicted molar refractivity (Wildman–Crippen MR) is 71.3 cm³/mol. The molecule has 1 saturated heterocycles. The summed E-state index contributed by atoms with van der Waals surface area (Å²) in [5.41, 5.74) is 0.938.